The van der Waals surface area contributed by atoms with E-state index in [0.717, 1.165) is 0 Å². The highest BCUT2D eigenvalue weighted by molar-refractivity contribution is 7.17. The van der Waals surface area contributed by atoms with E-state index in [9.17, 15) is 4.57 Å². The average molecular weight is 230 g/mol. The van der Waals surface area contributed by atoms with Gasteiger partial charge >= 0.3 is 8.69 Å². The van der Waals surface area contributed by atoms with Crippen LogP contribution in [0.1, 0.15) is 25.7 Å². The van der Waals surface area contributed by atoms with Crippen molar-refractivity contribution in [3.63, 3.8) is 0 Å². The largest absolute Gasteiger partial charge is 0.327 e. The maximum atomic E-state index is 10.4. The summed E-state index contributed by atoms with van der Waals surface area (Å²) in [5.74, 6) is 0. The molecule has 0 aliphatic carbocycles. The van der Waals surface area contributed by atoms with Crippen molar-refractivity contribution in [3.05, 3.63) is 0 Å². The third-order valence-corrected chi connectivity index (χ3v) is 3.66. The lowest BCUT2D eigenvalue weighted by Gasteiger charge is -2.34. The lowest BCUT2D eigenvalue weighted by atomic mass is 10.4. The van der Waals surface area contributed by atoms with Crippen LogP contribution in [0.3, 0.4) is 0 Å². The van der Waals surface area contributed by atoms with Crippen molar-refractivity contribution in [3.8, 4) is 0 Å². The molecule has 0 spiro atoms. The second kappa shape index (κ2) is 5.90. The summed E-state index contributed by atoms with van der Waals surface area (Å²) in [6.07, 6.45) is 5.52. The Bertz CT molecular complexity index is 188. The standard InChI is InChI=1S/C10H19N2O2P/c13-15-14-9-10(11-5-1-2-6-11)12-7-3-4-8-12/h10H,1-9H2. The first-order valence-electron chi connectivity index (χ1n) is 5.84. The molecule has 2 aliphatic rings. The van der Waals surface area contributed by atoms with Crippen LogP contribution in [0.2, 0.25) is 0 Å². The Morgan fingerprint density at radius 1 is 1.00 bits per heavy atom. The van der Waals surface area contributed by atoms with E-state index in [1.807, 2.05) is 0 Å². The van der Waals surface area contributed by atoms with Crippen LogP contribution in [-0.4, -0.2) is 48.8 Å². The lowest BCUT2D eigenvalue weighted by molar-refractivity contribution is 0.0420. The van der Waals surface area contributed by atoms with Crippen molar-refractivity contribution in [1.82, 2.24) is 9.80 Å². The first kappa shape index (κ1) is 11.5. The van der Waals surface area contributed by atoms with Crippen molar-refractivity contribution in [2.75, 3.05) is 32.8 Å². The summed E-state index contributed by atoms with van der Waals surface area (Å²) < 4.78 is 15.4. The molecule has 0 N–H and O–H groups in total. The second-order valence-corrected chi connectivity index (χ2v) is 4.74. The highest BCUT2D eigenvalue weighted by Gasteiger charge is 2.29. The lowest BCUT2D eigenvalue weighted by Crippen LogP contribution is -2.48. The molecule has 2 heterocycles. The minimum Gasteiger partial charge on any atom is -0.291 e. The van der Waals surface area contributed by atoms with Crippen LogP contribution in [0.4, 0.5) is 0 Å². The van der Waals surface area contributed by atoms with E-state index in [-0.39, 0.29) is 8.69 Å². The van der Waals surface area contributed by atoms with Gasteiger partial charge in [-0.25, -0.2) is 4.57 Å². The summed E-state index contributed by atoms with van der Waals surface area (Å²) >= 11 is 0. The maximum Gasteiger partial charge on any atom is 0.327 e. The van der Waals surface area contributed by atoms with Gasteiger partial charge in [0.2, 0.25) is 0 Å². The quantitative estimate of drug-likeness (QED) is 0.673. The molecule has 15 heavy (non-hydrogen) atoms. The van der Waals surface area contributed by atoms with Gasteiger partial charge in [-0.2, -0.15) is 0 Å². The minimum absolute atomic E-state index is 0.188. The van der Waals surface area contributed by atoms with E-state index in [4.69, 9.17) is 4.52 Å². The fraction of sp³-hybridized carbons (Fsp3) is 1.00. The molecule has 2 saturated heterocycles. The van der Waals surface area contributed by atoms with Gasteiger partial charge in [0, 0.05) is 0 Å². The van der Waals surface area contributed by atoms with Crippen LogP contribution >= 0.6 is 8.69 Å². The predicted octanol–water partition coefficient (Wildman–Crippen LogP) is 1.73. The van der Waals surface area contributed by atoms with Gasteiger partial charge in [-0.1, -0.05) is 0 Å². The van der Waals surface area contributed by atoms with Crippen molar-refractivity contribution in [2.45, 2.75) is 31.8 Å². The Kier molecular flexibility index (Phi) is 4.51. The molecule has 0 saturated carbocycles. The van der Waals surface area contributed by atoms with Gasteiger partial charge < -0.3 is 0 Å². The van der Waals surface area contributed by atoms with Crippen LogP contribution in [0.15, 0.2) is 0 Å². The molecule has 86 valence electrons. The van der Waals surface area contributed by atoms with E-state index < -0.39 is 0 Å². The average Bonchev–Trinajstić information content (AvgIpc) is 2.90. The predicted molar refractivity (Wildman–Crippen MR) is 59.0 cm³/mol. The number of rotatable bonds is 5. The van der Waals surface area contributed by atoms with E-state index in [0.29, 0.717) is 12.8 Å². The van der Waals surface area contributed by atoms with Gasteiger partial charge in [0.1, 0.15) is 0 Å². The van der Waals surface area contributed by atoms with Gasteiger partial charge in [0.25, 0.3) is 0 Å². The van der Waals surface area contributed by atoms with Gasteiger partial charge in [-0.05, 0) is 51.9 Å². The molecule has 0 aromatic heterocycles. The van der Waals surface area contributed by atoms with Crippen molar-refractivity contribution < 1.29 is 9.09 Å². The molecule has 2 aliphatic heterocycles. The fourth-order valence-corrected chi connectivity index (χ4v) is 2.81. The third kappa shape index (κ3) is 2.97. The van der Waals surface area contributed by atoms with Gasteiger partial charge in [-0.3, -0.25) is 14.3 Å². The molecule has 0 radical (unpaired) electrons. The number of hydrogen-bond acceptors (Lipinski definition) is 4. The topological polar surface area (TPSA) is 32.8 Å². The second-order valence-electron chi connectivity index (χ2n) is 4.34. The molecule has 0 amide bonds. The third-order valence-electron chi connectivity index (χ3n) is 3.40. The van der Waals surface area contributed by atoms with Crippen molar-refractivity contribution >= 4 is 8.69 Å². The molecule has 0 bridgehead atoms. The normalized spacial score (nSPS) is 24.6. The molecule has 0 aromatic carbocycles. The molecule has 0 aromatic rings. The van der Waals surface area contributed by atoms with Crippen LogP contribution in [0, 0.1) is 0 Å². The van der Waals surface area contributed by atoms with Crippen LogP contribution in [-0.2, 0) is 9.09 Å². The Balaban J connectivity index is 1.90. The molecule has 0 atom stereocenters. The summed E-state index contributed by atoms with van der Waals surface area (Å²) in [5.41, 5.74) is 0. The van der Waals surface area contributed by atoms with Gasteiger partial charge in [0.15, 0.2) is 0 Å². The van der Waals surface area contributed by atoms with E-state index in [2.05, 4.69) is 9.80 Å². The minimum atomic E-state index is -0.188. The Morgan fingerprint density at radius 3 is 1.87 bits per heavy atom. The summed E-state index contributed by atoms with van der Waals surface area (Å²) in [5, 5.41) is 0. The molecule has 4 nitrogen and oxygen atoms in total. The van der Waals surface area contributed by atoms with E-state index in [1.165, 1.54) is 51.9 Å². The molecule has 2 rings (SSSR count). The van der Waals surface area contributed by atoms with Crippen LogP contribution in [0.5, 0.6) is 0 Å². The fourth-order valence-electron chi connectivity index (χ4n) is 2.62. The zero-order valence-electron chi connectivity index (χ0n) is 9.10. The van der Waals surface area contributed by atoms with Crippen molar-refractivity contribution in [2.24, 2.45) is 0 Å². The molecular weight excluding hydrogens is 211 g/mol. The Hall–Kier alpha value is -0.0200. The molecule has 0 unspecified atom stereocenters. The van der Waals surface area contributed by atoms with Gasteiger partial charge in [0.05, 0.1) is 12.8 Å². The van der Waals surface area contributed by atoms with Crippen LogP contribution in [0.25, 0.3) is 0 Å². The molecular formula is C10H19N2O2P. The molecule has 5 heteroatoms. The summed E-state index contributed by atoms with van der Waals surface area (Å²) in [7, 11) is -0.188. The molecule has 2 fully saturated rings. The first-order chi connectivity index (χ1) is 7.42. The number of hydrogen-bond donors (Lipinski definition) is 0. The highest BCUT2D eigenvalue weighted by Crippen LogP contribution is 2.20. The maximum absolute atomic E-state index is 10.4. The monoisotopic (exact) mass is 230 g/mol. The van der Waals surface area contributed by atoms with Crippen molar-refractivity contribution in [1.29, 1.82) is 0 Å². The highest BCUT2D eigenvalue weighted by atomic mass is 31.1. The number of likely N-dealkylation sites (tertiary alicyclic amines) is 2. The zero-order chi connectivity index (χ0) is 10.5. The summed E-state index contributed by atoms with van der Waals surface area (Å²) in [6.45, 7) is 5.24. The first-order valence-corrected chi connectivity index (χ1v) is 6.57. The number of nitrogens with zero attached hydrogens (tertiary/aromatic N) is 2. The van der Waals surface area contributed by atoms with Crippen LogP contribution < -0.4 is 0 Å². The van der Waals surface area contributed by atoms with E-state index in [1.54, 1.807) is 0 Å². The summed E-state index contributed by atoms with van der Waals surface area (Å²) in [6, 6.07) is 0. The van der Waals surface area contributed by atoms with E-state index >= 15 is 0 Å². The SMILES string of the molecule is O=POCC(N1CCCC1)N1CCCC1. The summed E-state index contributed by atoms with van der Waals surface area (Å²) in [4.78, 5) is 4.94. The van der Waals surface area contributed by atoms with Gasteiger partial charge in [-0.15, -0.1) is 0 Å². The smallest absolute Gasteiger partial charge is 0.291 e. The Morgan fingerprint density at radius 2 is 1.47 bits per heavy atom. The zero-order valence-corrected chi connectivity index (χ0v) is 9.99. The Labute approximate surface area is 92.9 Å².